The molecule has 0 saturated carbocycles. The van der Waals surface area contributed by atoms with Gasteiger partial charge in [0.25, 0.3) is 5.91 Å². The lowest BCUT2D eigenvalue weighted by Crippen LogP contribution is -2.14. The Kier molecular flexibility index (Phi) is 3.20. The average Bonchev–Trinajstić information content (AvgIpc) is 2.49. The van der Waals surface area contributed by atoms with Gasteiger partial charge in [-0.25, -0.2) is 0 Å². The van der Waals surface area contributed by atoms with Gasteiger partial charge in [-0.2, -0.15) is 0 Å². The predicted molar refractivity (Wildman–Crippen MR) is 84.4 cm³/mol. The van der Waals surface area contributed by atoms with Crippen molar-refractivity contribution in [1.82, 2.24) is 0 Å². The zero-order chi connectivity index (χ0) is 14.8. The Labute approximate surface area is 121 Å². The summed E-state index contributed by atoms with van der Waals surface area (Å²) in [6, 6.07) is 17.5. The zero-order valence-electron chi connectivity index (χ0n) is 11.2. The number of phenolic OH excluding ortho intramolecular Hbond substituents is 1. The summed E-state index contributed by atoms with van der Waals surface area (Å²) in [5.74, 6) is -0.0910. The van der Waals surface area contributed by atoms with Crippen LogP contribution in [-0.4, -0.2) is 11.0 Å². The molecule has 0 heterocycles. The number of nitrogens with one attached hydrogen (secondary N) is 1. The number of para-hydroxylation sites is 1. The molecule has 0 unspecified atom stereocenters. The molecule has 104 valence electrons. The standard InChI is InChI=1S/C17H14N2O2/c18-14-8-2-1-5-13(14)17(21)19-15-9-3-7-12-11(15)6-4-10-16(12)20/h1-10,20H,18H2,(H,19,21). The minimum atomic E-state index is -0.274. The fourth-order valence-corrected chi connectivity index (χ4v) is 2.30. The third-order valence-electron chi connectivity index (χ3n) is 3.35. The van der Waals surface area contributed by atoms with Crippen molar-refractivity contribution >= 4 is 28.1 Å². The molecule has 4 heteroatoms. The number of amides is 1. The minimum absolute atomic E-state index is 0.183. The molecule has 4 nitrogen and oxygen atoms in total. The van der Waals surface area contributed by atoms with E-state index in [0.29, 0.717) is 22.3 Å². The van der Waals surface area contributed by atoms with Crippen LogP contribution in [0, 0.1) is 0 Å². The number of nitrogens with two attached hydrogens (primary N) is 1. The molecule has 3 aromatic carbocycles. The number of benzene rings is 3. The minimum Gasteiger partial charge on any atom is -0.507 e. The van der Waals surface area contributed by atoms with Gasteiger partial charge in [-0.05, 0) is 24.3 Å². The second-order valence-electron chi connectivity index (χ2n) is 4.72. The number of carbonyl (C=O) groups excluding carboxylic acids is 1. The van der Waals surface area contributed by atoms with Gasteiger partial charge in [-0.15, -0.1) is 0 Å². The van der Waals surface area contributed by atoms with E-state index in [1.807, 2.05) is 6.07 Å². The zero-order valence-corrected chi connectivity index (χ0v) is 11.2. The van der Waals surface area contributed by atoms with Crippen LogP contribution in [0.2, 0.25) is 0 Å². The van der Waals surface area contributed by atoms with Gasteiger partial charge < -0.3 is 16.2 Å². The van der Waals surface area contributed by atoms with E-state index >= 15 is 0 Å². The van der Waals surface area contributed by atoms with Gasteiger partial charge in [0, 0.05) is 22.1 Å². The molecule has 0 bridgehead atoms. The second-order valence-corrected chi connectivity index (χ2v) is 4.72. The fourth-order valence-electron chi connectivity index (χ4n) is 2.30. The SMILES string of the molecule is Nc1ccccc1C(=O)Nc1cccc2c(O)cccc12. The van der Waals surface area contributed by atoms with Crippen LogP contribution in [0.1, 0.15) is 10.4 Å². The number of carbonyl (C=O) groups is 1. The van der Waals surface area contributed by atoms with E-state index in [1.165, 1.54) is 0 Å². The molecule has 0 saturated heterocycles. The number of fused-ring (bicyclic) bond motifs is 1. The van der Waals surface area contributed by atoms with Crippen molar-refractivity contribution in [1.29, 1.82) is 0 Å². The van der Waals surface area contributed by atoms with Gasteiger partial charge in [0.05, 0.1) is 5.56 Å². The summed E-state index contributed by atoms with van der Waals surface area (Å²) < 4.78 is 0. The highest BCUT2D eigenvalue weighted by molar-refractivity contribution is 6.12. The van der Waals surface area contributed by atoms with Gasteiger partial charge in [-0.3, -0.25) is 4.79 Å². The summed E-state index contributed by atoms with van der Waals surface area (Å²) in [7, 11) is 0. The number of nitrogen functional groups attached to an aromatic ring is 1. The smallest absolute Gasteiger partial charge is 0.257 e. The topological polar surface area (TPSA) is 75.4 Å². The summed E-state index contributed by atoms with van der Waals surface area (Å²) >= 11 is 0. The number of hydrogen-bond acceptors (Lipinski definition) is 3. The highest BCUT2D eigenvalue weighted by atomic mass is 16.3. The highest BCUT2D eigenvalue weighted by Crippen LogP contribution is 2.30. The summed E-state index contributed by atoms with van der Waals surface area (Å²) in [4.78, 5) is 12.3. The van der Waals surface area contributed by atoms with Gasteiger partial charge in [0.2, 0.25) is 0 Å². The Bertz CT molecular complexity index is 828. The molecule has 0 aromatic heterocycles. The van der Waals surface area contributed by atoms with Crippen LogP contribution >= 0.6 is 0 Å². The van der Waals surface area contributed by atoms with Gasteiger partial charge >= 0.3 is 0 Å². The first-order chi connectivity index (χ1) is 10.2. The monoisotopic (exact) mass is 278 g/mol. The Hall–Kier alpha value is -3.01. The number of anilines is 2. The molecule has 21 heavy (non-hydrogen) atoms. The van der Waals surface area contributed by atoms with Crippen LogP contribution in [0.4, 0.5) is 11.4 Å². The molecular formula is C17H14N2O2. The van der Waals surface area contributed by atoms with E-state index in [0.717, 1.165) is 5.39 Å². The van der Waals surface area contributed by atoms with Crippen molar-refractivity contribution in [3.8, 4) is 5.75 Å². The Balaban J connectivity index is 2.01. The van der Waals surface area contributed by atoms with Gasteiger partial charge in [0.15, 0.2) is 0 Å². The molecule has 0 aliphatic rings. The molecule has 0 fully saturated rings. The largest absolute Gasteiger partial charge is 0.507 e. The van der Waals surface area contributed by atoms with E-state index in [4.69, 9.17) is 5.73 Å². The Morgan fingerprint density at radius 3 is 2.43 bits per heavy atom. The average molecular weight is 278 g/mol. The van der Waals surface area contributed by atoms with Crippen molar-refractivity contribution in [2.45, 2.75) is 0 Å². The van der Waals surface area contributed by atoms with E-state index in [-0.39, 0.29) is 11.7 Å². The lowest BCUT2D eigenvalue weighted by Gasteiger charge is -2.10. The van der Waals surface area contributed by atoms with Crippen molar-refractivity contribution < 1.29 is 9.90 Å². The van der Waals surface area contributed by atoms with E-state index < -0.39 is 0 Å². The maximum atomic E-state index is 12.3. The van der Waals surface area contributed by atoms with E-state index in [1.54, 1.807) is 54.6 Å². The normalized spacial score (nSPS) is 10.5. The second kappa shape index (κ2) is 5.17. The van der Waals surface area contributed by atoms with Crippen LogP contribution in [0.15, 0.2) is 60.7 Å². The first kappa shape index (κ1) is 13.0. The number of phenols is 1. The van der Waals surface area contributed by atoms with Gasteiger partial charge in [0.1, 0.15) is 5.75 Å². The van der Waals surface area contributed by atoms with Gasteiger partial charge in [-0.1, -0.05) is 36.4 Å². The lowest BCUT2D eigenvalue weighted by molar-refractivity contribution is 0.102. The maximum Gasteiger partial charge on any atom is 0.257 e. The molecular weight excluding hydrogens is 264 g/mol. The molecule has 0 atom stereocenters. The van der Waals surface area contributed by atoms with E-state index in [9.17, 15) is 9.90 Å². The fraction of sp³-hybridized carbons (Fsp3) is 0. The lowest BCUT2D eigenvalue weighted by atomic mass is 10.1. The summed E-state index contributed by atoms with van der Waals surface area (Å²) in [5.41, 5.74) is 7.30. The predicted octanol–water partition coefficient (Wildman–Crippen LogP) is 3.38. The quantitative estimate of drug-likeness (QED) is 0.629. The molecule has 0 aliphatic carbocycles. The third kappa shape index (κ3) is 2.39. The van der Waals surface area contributed by atoms with Crippen molar-refractivity contribution in [2.24, 2.45) is 0 Å². The third-order valence-corrected chi connectivity index (χ3v) is 3.35. The molecule has 3 aromatic rings. The molecule has 1 amide bonds. The van der Waals surface area contributed by atoms with Crippen LogP contribution in [-0.2, 0) is 0 Å². The summed E-state index contributed by atoms with van der Waals surface area (Å²) in [5, 5.41) is 14.2. The first-order valence-electron chi connectivity index (χ1n) is 6.53. The van der Waals surface area contributed by atoms with Crippen LogP contribution in [0.25, 0.3) is 10.8 Å². The molecule has 0 radical (unpaired) electrons. The molecule has 3 rings (SSSR count). The van der Waals surface area contributed by atoms with E-state index in [2.05, 4.69) is 5.32 Å². The van der Waals surface area contributed by atoms with Crippen molar-refractivity contribution in [3.63, 3.8) is 0 Å². The molecule has 0 spiro atoms. The van der Waals surface area contributed by atoms with Crippen molar-refractivity contribution in [2.75, 3.05) is 11.1 Å². The first-order valence-corrected chi connectivity index (χ1v) is 6.53. The Morgan fingerprint density at radius 2 is 1.62 bits per heavy atom. The summed E-state index contributed by atoms with van der Waals surface area (Å²) in [6.45, 7) is 0. The number of rotatable bonds is 2. The number of hydrogen-bond donors (Lipinski definition) is 3. The molecule has 4 N–H and O–H groups in total. The van der Waals surface area contributed by atoms with Crippen LogP contribution < -0.4 is 11.1 Å². The highest BCUT2D eigenvalue weighted by Gasteiger charge is 2.11. The van der Waals surface area contributed by atoms with Crippen molar-refractivity contribution in [3.05, 3.63) is 66.2 Å². The Morgan fingerprint density at radius 1 is 0.905 bits per heavy atom. The van der Waals surface area contributed by atoms with Crippen LogP contribution in [0.3, 0.4) is 0 Å². The molecule has 0 aliphatic heterocycles. The number of aromatic hydroxyl groups is 1. The summed E-state index contributed by atoms with van der Waals surface area (Å²) in [6.07, 6.45) is 0. The van der Waals surface area contributed by atoms with Crippen LogP contribution in [0.5, 0.6) is 5.75 Å². The maximum absolute atomic E-state index is 12.3.